The Morgan fingerprint density at radius 2 is 2.31 bits per heavy atom. The number of hydrogen-bond acceptors (Lipinski definition) is 3. The summed E-state index contributed by atoms with van der Waals surface area (Å²) in [7, 11) is 0. The lowest BCUT2D eigenvalue weighted by molar-refractivity contribution is 0.286. The van der Waals surface area contributed by atoms with Crippen LogP contribution in [0, 0.1) is 6.92 Å². The van der Waals surface area contributed by atoms with Crippen molar-refractivity contribution in [2.45, 2.75) is 19.9 Å². The van der Waals surface area contributed by atoms with Crippen LogP contribution in [0.1, 0.15) is 17.8 Å². The molecule has 2 N–H and O–H groups in total. The summed E-state index contributed by atoms with van der Waals surface area (Å²) in [4.78, 5) is 4.35. The smallest absolute Gasteiger partial charge is 0.0544 e. The first-order chi connectivity index (χ1) is 6.33. The van der Waals surface area contributed by atoms with Gasteiger partial charge in [0.1, 0.15) is 0 Å². The predicted molar refractivity (Wildman–Crippen MR) is 52.4 cm³/mol. The molecule has 0 bridgehead atoms. The molecule has 0 spiro atoms. The van der Waals surface area contributed by atoms with Crippen LogP contribution in [-0.4, -0.2) is 23.2 Å². The average molecular weight is 180 g/mol. The largest absolute Gasteiger partial charge is 0.396 e. The quantitative estimate of drug-likeness (QED) is 0.661. The number of aliphatic hydroxyl groups excluding tert-OH is 1. The number of aryl methyl sites for hydroxylation is 1. The van der Waals surface area contributed by atoms with Gasteiger partial charge in [0.15, 0.2) is 0 Å². The predicted octanol–water partition coefficient (Wildman–Crippen LogP) is 0.862. The number of nitrogens with zero attached hydrogens (tertiary/aromatic N) is 1. The molecule has 0 aliphatic rings. The Labute approximate surface area is 78.8 Å². The van der Waals surface area contributed by atoms with E-state index >= 15 is 0 Å². The zero-order valence-electron chi connectivity index (χ0n) is 7.95. The van der Waals surface area contributed by atoms with Gasteiger partial charge in [0, 0.05) is 18.8 Å². The minimum atomic E-state index is 0.244. The van der Waals surface area contributed by atoms with E-state index in [0.717, 1.165) is 30.9 Å². The van der Waals surface area contributed by atoms with Crippen LogP contribution in [0.4, 0.5) is 0 Å². The van der Waals surface area contributed by atoms with E-state index in [-0.39, 0.29) is 6.61 Å². The molecule has 0 aliphatic carbocycles. The van der Waals surface area contributed by atoms with Crippen molar-refractivity contribution in [1.29, 1.82) is 0 Å². The molecule has 0 radical (unpaired) electrons. The summed E-state index contributed by atoms with van der Waals surface area (Å²) < 4.78 is 0. The standard InChI is InChI=1S/C10H16N2O/c1-9-4-2-5-10(12-9)8-11-6-3-7-13/h2,4-5,11,13H,3,6-8H2,1H3. The van der Waals surface area contributed by atoms with Crippen molar-refractivity contribution in [3.05, 3.63) is 29.6 Å². The molecule has 0 aliphatic heterocycles. The summed E-state index contributed by atoms with van der Waals surface area (Å²) >= 11 is 0. The van der Waals surface area contributed by atoms with Crippen molar-refractivity contribution < 1.29 is 5.11 Å². The fourth-order valence-corrected chi connectivity index (χ4v) is 1.12. The van der Waals surface area contributed by atoms with Gasteiger partial charge in [-0.2, -0.15) is 0 Å². The molecule has 1 heterocycles. The second-order valence-corrected chi connectivity index (χ2v) is 3.02. The van der Waals surface area contributed by atoms with Crippen molar-refractivity contribution in [1.82, 2.24) is 10.3 Å². The highest BCUT2D eigenvalue weighted by molar-refractivity contribution is 5.09. The monoisotopic (exact) mass is 180 g/mol. The maximum absolute atomic E-state index is 8.55. The number of nitrogens with one attached hydrogen (secondary N) is 1. The SMILES string of the molecule is Cc1cccc(CNCCCO)n1. The van der Waals surface area contributed by atoms with Gasteiger partial charge in [-0.05, 0) is 32.0 Å². The summed E-state index contributed by atoms with van der Waals surface area (Å²) in [6.07, 6.45) is 0.797. The first-order valence-electron chi connectivity index (χ1n) is 4.57. The highest BCUT2D eigenvalue weighted by Gasteiger charge is 1.93. The van der Waals surface area contributed by atoms with Gasteiger partial charge in [0.05, 0.1) is 5.69 Å². The van der Waals surface area contributed by atoms with Crippen LogP contribution >= 0.6 is 0 Å². The highest BCUT2D eigenvalue weighted by atomic mass is 16.3. The molecule has 72 valence electrons. The third kappa shape index (κ3) is 4.01. The Morgan fingerprint density at radius 1 is 1.46 bits per heavy atom. The fraction of sp³-hybridized carbons (Fsp3) is 0.500. The zero-order chi connectivity index (χ0) is 9.52. The molecule has 13 heavy (non-hydrogen) atoms. The Bertz CT molecular complexity index is 250. The fourth-order valence-electron chi connectivity index (χ4n) is 1.12. The van der Waals surface area contributed by atoms with Crippen molar-refractivity contribution in [3.8, 4) is 0 Å². The third-order valence-electron chi connectivity index (χ3n) is 1.76. The molecule has 0 aromatic carbocycles. The molecule has 1 aromatic heterocycles. The lowest BCUT2D eigenvalue weighted by Gasteiger charge is -2.03. The van der Waals surface area contributed by atoms with E-state index in [1.54, 1.807) is 0 Å². The molecular formula is C10H16N2O. The lowest BCUT2D eigenvalue weighted by Crippen LogP contribution is -2.16. The number of rotatable bonds is 5. The third-order valence-corrected chi connectivity index (χ3v) is 1.76. The highest BCUT2D eigenvalue weighted by Crippen LogP contribution is 1.96. The molecule has 0 atom stereocenters. The molecule has 0 fully saturated rings. The first-order valence-corrected chi connectivity index (χ1v) is 4.57. The minimum Gasteiger partial charge on any atom is -0.396 e. The topological polar surface area (TPSA) is 45.1 Å². The van der Waals surface area contributed by atoms with Gasteiger partial charge in [-0.3, -0.25) is 4.98 Å². The number of aliphatic hydroxyl groups is 1. The second kappa shape index (κ2) is 5.67. The molecule has 1 rings (SSSR count). The van der Waals surface area contributed by atoms with Crippen molar-refractivity contribution in [2.75, 3.05) is 13.2 Å². The molecular weight excluding hydrogens is 164 g/mol. The Kier molecular flexibility index (Phi) is 4.43. The van der Waals surface area contributed by atoms with Gasteiger partial charge in [-0.1, -0.05) is 6.07 Å². The van der Waals surface area contributed by atoms with Crippen molar-refractivity contribution >= 4 is 0 Å². The molecule has 0 unspecified atom stereocenters. The molecule has 3 heteroatoms. The van der Waals surface area contributed by atoms with E-state index in [1.807, 2.05) is 25.1 Å². The van der Waals surface area contributed by atoms with Gasteiger partial charge in [-0.15, -0.1) is 0 Å². The lowest BCUT2D eigenvalue weighted by atomic mass is 10.3. The minimum absolute atomic E-state index is 0.244. The van der Waals surface area contributed by atoms with Crippen LogP contribution in [0.15, 0.2) is 18.2 Å². The van der Waals surface area contributed by atoms with Crippen LogP contribution in [-0.2, 0) is 6.54 Å². The van der Waals surface area contributed by atoms with Crippen LogP contribution in [0.2, 0.25) is 0 Å². The van der Waals surface area contributed by atoms with Gasteiger partial charge in [0.25, 0.3) is 0 Å². The second-order valence-electron chi connectivity index (χ2n) is 3.02. The van der Waals surface area contributed by atoms with E-state index in [2.05, 4.69) is 10.3 Å². The molecule has 1 aromatic rings. The van der Waals surface area contributed by atoms with E-state index in [4.69, 9.17) is 5.11 Å². The maximum Gasteiger partial charge on any atom is 0.0544 e. The molecule has 0 saturated carbocycles. The zero-order valence-corrected chi connectivity index (χ0v) is 7.95. The van der Waals surface area contributed by atoms with Gasteiger partial charge >= 0.3 is 0 Å². The van der Waals surface area contributed by atoms with Crippen LogP contribution in [0.25, 0.3) is 0 Å². The Hall–Kier alpha value is -0.930. The summed E-state index contributed by atoms with van der Waals surface area (Å²) in [6.45, 7) is 3.85. The maximum atomic E-state index is 8.55. The number of aromatic nitrogens is 1. The summed E-state index contributed by atoms with van der Waals surface area (Å²) in [6, 6.07) is 5.99. The van der Waals surface area contributed by atoms with Gasteiger partial charge < -0.3 is 10.4 Å². The van der Waals surface area contributed by atoms with E-state index in [0.29, 0.717) is 0 Å². The summed E-state index contributed by atoms with van der Waals surface area (Å²) in [5.74, 6) is 0. The number of pyridine rings is 1. The average Bonchev–Trinajstić information content (AvgIpc) is 2.13. The Balaban J connectivity index is 2.28. The van der Waals surface area contributed by atoms with E-state index < -0.39 is 0 Å². The van der Waals surface area contributed by atoms with Crippen LogP contribution < -0.4 is 5.32 Å². The van der Waals surface area contributed by atoms with E-state index in [1.165, 1.54) is 0 Å². The van der Waals surface area contributed by atoms with Crippen molar-refractivity contribution in [2.24, 2.45) is 0 Å². The first kappa shape index (κ1) is 10.2. The molecule has 3 nitrogen and oxygen atoms in total. The van der Waals surface area contributed by atoms with Crippen LogP contribution in [0.5, 0.6) is 0 Å². The number of hydrogen-bond donors (Lipinski definition) is 2. The molecule has 0 amide bonds. The van der Waals surface area contributed by atoms with Gasteiger partial charge in [0.2, 0.25) is 0 Å². The van der Waals surface area contributed by atoms with Gasteiger partial charge in [-0.25, -0.2) is 0 Å². The summed E-state index contributed by atoms with van der Waals surface area (Å²) in [5.41, 5.74) is 2.10. The van der Waals surface area contributed by atoms with Crippen molar-refractivity contribution in [3.63, 3.8) is 0 Å². The molecule has 0 saturated heterocycles. The van der Waals surface area contributed by atoms with Crippen LogP contribution in [0.3, 0.4) is 0 Å². The normalized spacial score (nSPS) is 10.3. The van der Waals surface area contributed by atoms with E-state index in [9.17, 15) is 0 Å². The summed E-state index contributed by atoms with van der Waals surface area (Å²) in [5, 5.41) is 11.8. The Morgan fingerprint density at radius 3 is 3.00 bits per heavy atom.